The second-order valence-electron chi connectivity index (χ2n) is 4.69. The standard InChI is InChI=1S/C15H17N3O2/c1-10-4-7-12(8-5-10)14(19)16-17-15(20)13-9-6-11(2)18(13)3/h4-9H,1-3H3,(H,16,19)(H,17,20). The molecular formula is C15H17N3O2. The Morgan fingerprint density at radius 1 is 0.900 bits per heavy atom. The summed E-state index contributed by atoms with van der Waals surface area (Å²) in [6.45, 7) is 3.85. The van der Waals surface area contributed by atoms with Crippen LogP contribution in [-0.2, 0) is 7.05 Å². The van der Waals surface area contributed by atoms with E-state index in [9.17, 15) is 9.59 Å². The Bertz CT molecular complexity index is 642. The van der Waals surface area contributed by atoms with Gasteiger partial charge in [0.05, 0.1) is 0 Å². The molecule has 2 amide bonds. The minimum Gasteiger partial charge on any atom is -0.344 e. The summed E-state index contributed by atoms with van der Waals surface area (Å²) in [4.78, 5) is 23.8. The van der Waals surface area contributed by atoms with Crippen molar-refractivity contribution in [3.63, 3.8) is 0 Å². The normalized spacial score (nSPS) is 10.2. The number of aryl methyl sites for hydroxylation is 2. The van der Waals surface area contributed by atoms with Crippen molar-refractivity contribution in [3.05, 3.63) is 58.9 Å². The fraction of sp³-hybridized carbons (Fsp3) is 0.200. The molecule has 0 bridgehead atoms. The monoisotopic (exact) mass is 271 g/mol. The van der Waals surface area contributed by atoms with Crippen LogP contribution in [0, 0.1) is 13.8 Å². The molecule has 20 heavy (non-hydrogen) atoms. The quantitative estimate of drug-likeness (QED) is 0.817. The molecule has 1 aromatic carbocycles. The van der Waals surface area contributed by atoms with Crippen molar-refractivity contribution in [2.24, 2.45) is 7.05 Å². The number of nitrogens with zero attached hydrogens (tertiary/aromatic N) is 1. The summed E-state index contributed by atoms with van der Waals surface area (Å²) in [6.07, 6.45) is 0. The van der Waals surface area contributed by atoms with Gasteiger partial charge in [-0.15, -0.1) is 0 Å². The summed E-state index contributed by atoms with van der Waals surface area (Å²) < 4.78 is 1.76. The molecule has 0 aliphatic carbocycles. The van der Waals surface area contributed by atoms with Crippen molar-refractivity contribution in [2.75, 3.05) is 0 Å². The summed E-state index contributed by atoms with van der Waals surface area (Å²) >= 11 is 0. The van der Waals surface area contributed by atoms with E-state index in [1.54, 1.807) is 29.8 Å². The molecule has 0 unspecified atom stereocenters. The van der Waals surface area contributed by atoms with E-state index in [4.69, 9.17) is 0 Å². The third-order valence-corrected chi connectivity index (χ3v) is 3.21. The third-order valence-electron chi connectivity index (χ3n) is 3.21. The maximum Gasteiger partial charge on any atom is 0.286 e. The Balaban J connectivity index is 1.98. The van der Waals surface area contributed by atoms with E-state index in [2.05, 4.69) is 10.9 Å². The minimum absolute atomic E-state index is 0.343. The highest BCUT2D eigenvalue weighted by molar-refractivity contribution is 5.98. The van der Waals surface area contributed by atoms with Gasteiger partial charge in [-0.3, -0.25) is 20.4 Å². The van der Waals surface area contributed by atoms with Gasteiger partial charge in [0.1, 0.15) is 5.69 Å². The molecule has 0 radical (unpaired) electrons. The van der Waals surface area contributed by atoms with Crippen LogP contribution in [0.25, 0.3) is 0 Å². The number of carbonyl (C=O) groups is 2. The van der Waals surface area contributed by atoms with Crippen molar-refractivity contribution in [1.29, 1.82) is 0 Å². The van der Waals surface area contributed by atoms with Crippen molar-refractivity contribution < 1.29 is 9.59 Å². The van der Waals surface area contributed by atoms with Crippen LogP contribution in [0.15, 0.2) is 36.4 Å². The smallest absolute Gasteiger partial charge is 0.286 e. The van der Waals surface area contributed by atoms with E-state index >= 15 is 0 Å². The topological polar surface area (TPSA) is 63.1 Å². The largest absolute Gasteiger partial charge is 0.344 e. The molecular weight excluding hydrogens is 254 g/mol. The van der Waals surface area contributed by atoms with Crippen LogP contribution in [0.3, 0.4) is 0 Å². The Morgan fingerprint density at radius 3 is 2.05 bits per heavy atom. The van der Waals surface area contributed by atoms with Gasteiger partial charge in [-0.2, -0.15) is 0 Å². The fourth-order valence-corrected chi connectivity index (χ4v) is 1.80. The Kier molecular flexibility index (Phi) is 3.89. The van der Waals surface area contributed by atoms with Crippen LogP contribution in [0.2, 0.25) is 0 Å². The number of hydrogen-bond acceptors (Lipinski definition) is 2. The number of nitrogens with one attached hydrogen (secondary N) is 2. The Labute approximate surface area is 117 Å². The average molecular weight is 271 g/mol. The lowest BCUT2D eigenvalue weighted by molar-refractivity contribution is 0.0842. The summed E-state index contributed by atoms with van der Waals surface area (Å²) in [5.74, 6) is -0.689. The Hall–Kier alpha value is -2.56. The highest BCUT2D eigenvalue weighted by Crippen LogP contribution is 2.05. The first-order chi connectivity index (χ1) is 9.49. The van der Waals surface area contributed by atoms with E-state index in [0.717, 1.165) is 11.3 Å². The first-order valence-corrected chi connectivity index (χ1v) is 6.28. The predicted octanol–water partition coefficient (Wildman–Crippen LogP) is 1.72. The molecule has 5 nitrogen and oxygen atoms in total. The first kappa shape index (κ1) is 13.9. The SMILES string of the molecule is Cc1ccc(C(=O)NNC(=O)c2ccc(C)n2C)cc1. The number of benzene rings is 1. The molecule has 1 aromatic heterocycles. The van der Waals surface area contributed by atoms with E-state index < -0.39 is 0 Å². The zero-order valence-corrected chi connectivity index (χ0v) is 11.7. The summed E-state index contributed by atoms with van der Waals surface area (Å²) in [7, 11) is 1.80. The number of aromatic nitrogens is 1. The van der Waals surface area contributed by atoms with Crippen molar-refractivity contribution in [1.82, 2.24) is 15.4 Å². The average Bonchev–Trinajstić information content (AvgIpc) is 2.77. The zero-order valence-electron chi connectivity index (χ0n) is 11.7. The van der Waals surface area contributed by atoms with Gasteiger partial charge in [0.2, 0.25) is 0 Å². The fourth-order valence-electron chi connectivity index (χ4n) is 1.80. The van der Waals surface area contributed by atoms with Gasteiger partial charge in [-0.25, -0.2) is 0 Å². The number of carbonyl (C=O) groups excluding carboxylic acids is 2. The van der Waals surface area contributed by atoms with Crippen LogP contribution >= 0.6 is 0 Å². The van der Waals surface area contributed by atoms with E-state index in [-0.39, 0.29) is 11.8 Å². The van der Waals surface area contributed by atoms with E-state index in [0.29, 0.717) is 11.3 Å². The molecule has 0 spiro atoms. The number of hydrazine groups is 1. The molecule has 0 aliphatic rings. The molecule has 2 N–H and O–H groups in total. The van der Waals surface area contributed by atoms with Gasteiger partial charge in [0, 0.05) is 18.3 Å². The number of amides is 2. The molecule has 0 atom stereocenters. The molecule has 2 rings (SSSR count). The molecule has 0 aliphatic heterocycles. The van der Waals surface area contributed by atoms with Gasteiger partial charge >= 0.3 is 0 Å². The second-order valence-corrected chi connectivity index (χ2v) is 4.69. The molecule has 5 heteroatoms. The lowest BCUT2D eigenvalue weighted by Gasteiger charge is -2.08. The van der Waals surface area contributed by atoms with E-state index in [1.165, 1.54) is 0 Å². The van der Waals surface area contributed by atoms with Gasteiger partial charge < -0.3 is 4.57 Å². The highest BCUT2D eigenvalue weighted by atomic mass is 16.2. The molecule has 0 fully saturated rings. The second kappa shape index (κ2) is 5.61. The lowest BCUT2D eigenvalue weighted by Crippen LogP contribution is -2.42. The van der Waals surface area contributed by atoms with Crippen molar-refractivity contribution in [2.45, 2.75) is 13.8 Å². The number of rotatable bonds is 2. The third kappa shape index (κ3) is 2.88. The highest BCUT2D eigenvalue weighted by Gasteiger charge is 2.12. The van der Waals surface area contributed by atoms with Crippen LogP contribution in [-0.4, -0.2) is 16.4 Å². The van der Waals surface area contributed by atoms with Crippen molar-refractivity contribution >= 4 is 11.8 Å². The lowest BCUT2D eigenvalue weighted by atomic mass is 10.1. The van der Waals surface area contributed by atoms with E-state index in [1.807, 2.05) is 32.0 Å². The Morgan fingerprint density at radius 2 is 1.50 bits per heavy atom. The predicted molar refractivity (Wildman–Crippen MR) is 76.3 cm³/mol. The zero-order chi connectivity index (χ0) is 14.7. The molecule has 0 saturated heterocycles. The molecule has 2 aromatic rings. The first-order valence-electron chi connectivity index (χ1n) is 6.28. The van der Waals surface area contributed by atoms with Crippen LogP contribution in [0.5, 0.6) is 0 Å². The van der Waals surface area contributed by atoms with Gasteiger partial charge in [-0.05, 0) is 38.1 Å². The van der Waals surface area contributed by atoms with Crippen LogP contribution in [0.1, 0.15) is 32.1 Å². The van der Waals surface area contributed by atoms with Gasteiger partial charge in [0.25, 0.3) is 11.8 Å². The number of hydrogen-bond donors (Lipinski definition) is 2. The van der Waals surface area contributed by atoms with Gasteiger partial charge in [0.15, 0.2) is 0 Å². The maximum atomic E-state index is 11.9. The molecule has 0 saturated carbocycles. The van der Waals surface area contributed by atoms with Crippen LogP contribution < -0.4 is 10.9 Å². The van der Waals surface area contributed by atoms with Crippen molar-refractivity contribution in [3.8, 4) is 0 Å². The summed E-state index contributed by atoms with van der Waals surface area (Å²) in [5.41, 5.74) is 7.85. The summed E-state index contributed by atoms with van der Waals surface area (Å²) in [5, 5.41) is 0. The van der Waals surface area contributed by atoms with Crippen LogP contribution in [0.4, 0.5) is 0 Å². The minimum atomic E-state index is -0.346. The molecule has 104 valence electrons. The maximum absolute atomic E-state index is 11.9. The summed E-state index contributed by atoms with van der Waals surface area (Å²) in [6, 6.07) is 10.7. The van der Waals surface area contributed by atoms with Gasteiger partial charge in [-0.1, -0.05) is 17.7 Å². The molecule has 1 heterocycles.